The highest BCUT2D eigenvalue weighted by atomic mass is 35.5. The van der Waals surface area contributed by atoms with Gasteiger partial charge in [-0.05, 0) is 24.6 Å². The summed E-state index contributed by atoms with van der Waals surface area (Å²) >= 11 is 5.50. The van der Waals surface area contributed by atoms with Crippen LogP contribution in [0.1, 0.15) is 12.5 Å². The lowest BCUT2D eigenvalue weighted by Crippen LogP contribution is -2.41. The Labute approximate surface area is 122 Å². The van der Waals surface area contributed by atoms with Crippen LogP contribution in [0.5, 0.6) is 0 Å². The molecule has 1 aromatic rings. The average Bonchev–Trinajstić information content (AvgIpc) is 2.35. The van der Waals surface area contributed by atoms with Gasteiger partial charge in [0, 0.05) is 12.8 Å². The maximum atomic E-state index is 11.4. The standard InChI is InChI=1S/C12H15ClN2O4S/c1-8(13)11(16)15-12(17)14-7-9-3-5-10(6-4-9)20(2,18)19/h3-6,8H,7H2,1-2H3,(H2,14,15,16,17). The second-order valence-electron chi connectivity index (χ2n) is 4.20. The third-order valence-electron chi connectivity index (χ3n) is 2.40. The van der Waals surface area contributed by atoms with E-state index in [0.29, 0.717) is 5.56 Å². The number of rotatable bonds is 4. The van der Waals surface area contributed by atoms with Gasteiger partial charge in [0.1, 0.15) is 5.38 Å². The predicted octanol–water partition coefficient (Wildman–Crippen LogP) is 1.04. The molecule has 0 aromatic heterocycles. The first-order chi connectivity index (χ1) is 9.20. The van der Waals surface area contributed by atoms with Crippen LogP contribution in [0.2, 0.25) is 0 Å². The molecule has 110 valence electrons. The smallest absolute Gasteiger partial charge is 0.321 e. The normalized spacial score (nSPS) is 12.6. The Kier molecular flexibility index (Phi) is 5.52. The van der Waals surface area contributed by atoms with Crippen LogP contribution in [0.15, 0.2) is 29.2 Å². The summed E-state index contributed by atoms with van der Waals surface area (Å²) in [6.45, 7) is 1.62. The van der Waals surface area contributed by atoms with Gasteiger partial charge in [0.2, 0.25) is 5.91 Å². The lowest BCUT2D eigenvalue weighted by Gasteiger charge is -2.08. The highest BCUT2D eigenvalue weighted by Gasteiger charge is 2.12. The summed E-state index contributed by atoms with van der Waals surface area (Å²) in [7, 11) is -3.24. The Balaban J connectivity index is 2.54. The minimum Gasteiger partial charge on any atom is -0.334 e. The van der Waals surface area contributed by atoms with E-state index in [0.717, 1.165) is 6.26 Å². The minimum absolute atomic E-state index is 0.166. The lowest BCUT2D eigenvalue weighted by molar-refractivity contribution is -0.119. The van der Waals surface area contributed by atoms with Gasteiger partial charge in [-0.25, -0.2) is 13.2 Å². The summed E-state index contributed by atoms with van der Waals surface area (Å²) in [6.07, 6.45) is 1.12. The van der Waals surface area contributed by atoms with Gasteiger partial charge in [-0.15, -0.1) is 11.6 Å². The highest BCUT2D eigenvalue weighted by molar-refractivity contribution is 7.90. The van der Waals surface area contributed by atoms with E-state index in [9.17, 15) is 18.0 Å². The van der Waals surface area contributed by atoms with Gasteiger partial charge < -0.3 is 5.32 Å². The van der Waals surface area contributed by atoms with Crippen LogP contribution in [0.25, 0.3) is 0 Å². The van der Waals surface area contributed by atoms with E-state index in [2.05, 4.69) is 10.6 Å². The van der Waals surface area contributed by atoms with Crippen molar-refractivity contribution >= 4 is 33.4 Å². The van der Waals surface area contributed by atoms with Crippen LogP contribution in [0, 0.1) is 0 Å². The Morgan fingerprint density at radius 2 is 1.80 bits per heavy atom. The van der Waals surface area contributed by atoms with E-state index in [1.165, 1.54) is 19.1 Å². The number of carbonyl (C=O) groups excluding carboxylic acids is 2. The van der Waals surface area contributed by atoms with Gasteiger partial charge in [0.25, 0.3) is 0 Å². The summed E-state index contributed by atoms with van der Waals surface area (Å²) in [4.78, 5) is 22.7. The largest absolute Gasteiger partial charge is 0.334 e. The Morgan fingerprint density at radius 3 is 2.25 bits per heavy atom. The Bertz CT molecular complexity index is 596. The van der Waals surface area contributed by atoms with Crippen LogP contribution in [-0.4, -0.2) is 32.0 Å². The summed E-state index contributed by atoms with van der Waals surface area (Å²) < 4.78 is 22.5. The zero-order valence-electron chi connectivity index (χ0n) is 11.0. The van der Waals surface area contributed by atoms with Gasteiger partial charge in [-0.2, -0.15) is 0 Å². The molecule has 0 saturated carbocycles. The summed E-state index contributed by atoms with van der Waals surface area (Å²) in [6, 6.07) is 5.42. The molecule has 6 nitrogen and oxygen atoms in total. The number of sulfone groups is 1. The monoisotopic (exact) mass is 318 g/mol. The van der Waals surface area contributed by atoms with Crippen LogP contribution in [0.3, 0.4) is 0 Å². The fourth-order valence-electron chi connectivity index (χ4n) is 1.29. The molecule has 1 aromatic carbocycles. The van der Waals surface area contributed by atoms with E-state index in [-0.39, 0.29) is 11.4 Å². The molecule has 8 heteroatoms. The third-order valence-corrected chi connectivity index (χ3v) is 3.73. The van der Waals surface area contributed by atoms with Crippen molar-refractivity contribution in [3.8, 4) is 0 Å². The number of urea groups is 1. The Hall–Kier alpha value is -1.60. The maximum absolute atomic E-state index is 11.4. The molecule has 0 bridgehead atoms. The van der Waals surface area contributed by atoms with E-state index < -0.39 is 27.2 Å². The van der Waals surface area contributed by atoms with Crippen molar-refractivity contribution in [3.05, 3.63) is 29.8 Å². The number of imide groups is 1. The van der Waals surface area contributed by atoms with Crippen molar-refractivity contribution in [2.45, 2.75) is 23.7 Å². The predicted molar refractivity (Wildman–Crippen MR) is 75.2 cm³/mol. The molecule has 20 heavy (non-hydrogen) atoms. The van der Waals surface area contributed by atoms with E-state index in [4.69, 9.17) is 11.6 Å². The van der Waals surface area contributed by atoms with Crippen molar-refractivity contribution in [2.75, 3.05) is 6.26 Å². The number of carbonyl (C=O) groups is 2. The zero-order chi connectivity index (χ0) is 15.3. The van der Waals surface area contributed by atoms with Crippen LogP contribution in [-0.2, 0) is 21.2 Å². The topological polar surface area (TPSA) is 92.3 Å². The zero-order valence-corrected chi connectivity index (χ0v) is 12.6. The molecule has 3 amide bonds. The molecule has 0 spiro atoms. The molecule has 0 aliphatic rings. The van der Waals surface area contributed by atoms with E-state index in [1.807, 2.05) is 0 Å². The van der Waals surface area contributed by atoms with Crippen molar-refractivity contribution in [3.63, 3.8) is 0 Å². The number of hydrogen-bond acceptors (Lipinski definition) is 4. The fraction of sp³-hybridized carbons (Fsp3) is 0.333. The second kappa shape index (κ2) is 6.71. The number of nitrogens with one attached hydrogen (secondary N) is 2. The first kappa shape index (κ1) is 16.5. The van der Waals surface area contributed by atoms with E-state index >= 15 is 0 Å². The summed E-state index contributed by atoms with van der Waals surface area (Å²) in [5, 5.41) is 3.74. The molecule has 2 N–H and O–H groups in total. The van der Waals surface area contributed by atoms with Crippen molar-refractivity contribution in [1.29, 1.82) is 0 Å². The van der Waals surface area contributed by atoms with Gasteiger partial charge >= 0.3 is 6.03 Å². The van der Waals surface area contributed by atoms with Crippen LogP contribution < -0.4 is 10.6 Å². The van der Waals surface area contributed by atoms with Crippen molar-refractivity contribution in [2.24, 2.45) is 0 Å². The molecule has 1 rings (SSSR count). The van der Waals surface area contributed by atoms with Gasteiger partial charge in [0.05, 0.1) is 4.90 Å². The maximum Gasteiger partial charge on any atom is 0.321 e. The van der Waals surface area contributed by atoms with Crippen LogP contribution in [0.4, 0.5) is 4.79 Å². The molecular weight excluding hydrogens is 304 g/mol. The molecule has 0 saturated heterocycles. The van der Waals surface area contributed by atoms with Crippen molar-refractivity contribution < 1.29 is 18.0 Å². The van der Waals surface area contributed by atoms with Crippen LogP contribution >= 0.6 is 11.6 Å². The quantitative estimate of drug-likeness (QED) is 0.811. The molecular formula is C12H15ClN2O4S. The fourth-order valence-corrected chi connectivity index (χ4v) is 1.98. The summed E-state index contributed by atoms with van der Waals surface area (Å²) in [5.74, 6) is -0.586. The molecule has 0 fully saturated rings. The van der Waals surface area contributed by atoms with Gasteiger partial charge in [-0.3, -0.25) is 10.1 Å². The number of alkyl halides is 1. The molecule has 0 heterocycles. The first-order valence-corrected chi connectivity index (χ1v) is 8.04. The third kappa shape index (κ3) is 5.18. The number of halogens is 1. The number of hydrogen-bond donors (Lipinski definition) is 2. The second-order valence-corrected chi connectivity index (χ2v) is 6.87. The van der Waals surface area contributed by atoms with Crippen molar-refractivity contribution in [1.82, 2.24) is 10.6 Å². The Morgan fingerprint density at radius 1 is 1.25 bits per heavy atom. The molecule has 0 radical (unpaired) electrons. The summed E-state index contributed by atoms with van der Waals surface area (Å²) in [5.41, 5.74) is 0.707. The number of amides is 3. The molecule has 0 aliphatic carbocycles. The number of benzene rings is 1. The highest BCUT2D eigenvalue weighted by Crippen LogP contribution is 2.10. The molecule has 1 unspecified atom stereocenters. The minimum atomic E-state index is -3.24. The SMILES string of the molecule is CC(Cl)C(=O)NC(=O)NCc1ccc(S(C)(=O)=O)cc1. The lowest BCUT2D eigenvalue weighted by atomic mass is 10.2. The average molecular weight is 319 g/mol. The van der Waals surface area contributed by atoms with E-state index in [1.54, 1.807) is 12.1 Å². The van der Waals surface area contributed by atoms with Gasteiger partial charge in [0.15, 0.2) is 9.84 Å². The van der Waals surface area contributed by atoms with Gasteiger partial charge in [-0.1, -0.05) is 12.1 Å². The molecule has 0 aliphatic heterocycles. The first-order valence-electron chi connectivity index (χ1n) is 5.72. The molecule has 1 atom stereocenters.